The van der Waals surface area contributed by atoms with Gasteiger partial charge in [0.1, 0.15) is 11.2 Å². The normalized spacial score (nSPS) is 12.8. The summed E-state index contributed by atoms with van der Waals surface area (Å²) in [7, 11) is 0. The van der Waals surface area contributed by atoms with E-state index in [1.165, 1.54) is 0 Å². The molecule has 3 nitrogen and oxygen atoms in total. The summed E-state index contributed by atoms with van der Waals surface area (Å²) >= 11 is 1.65. The Morgan fingerprint density at radius 2 is 2.06 bits per heavy atom. The van der Waals surface area contributed by atoms with E-state index in [0.717, 1.165) is 21.6 Å². The molecule has 0 bridgehead atoms. The van der Waals surface area contributed by atoms with Gasteiger partial charge in [0.05, 0.1) is 4.88 Å². The fourth-order valence-electron chi connectivity index (χ4n) is 1.99. The minimum atomic E-state index is -0.573. The van der Waals surface area contributed by atoms with Gasteiger partial charge in [-0.25, -0.2) is 4.98 Å². The van der Waals surface area contributed by atoms with Gasteiger partial charge >= 0.3 is 0 Å². The van der Waals surface area contributed by atoms with Crippen LogP contribution in [-0.4, -0.2) is 10.1 Å². The summed E-state index contributed by atoms with van der Waals surface area (Å²) in [6.45, 7) is 1.75. The van der Waals surface area contributed by atoms with Crippen molar-refractivity contribution in [3.8, 4) is 10.6 Å². The summed E-state index contributed by atoms with van der Waals surface area (Å²) in [6, 6.07) is 11.9. The van der Waals surface area contributed by atoms with Gasteiger partial charge in [0.2, 0.25) is 5.52 Å². The summed E-state index contributed by atoms with van der Waals surface area (Å²) < 4.78 is 1.84. The molecule has 2 aromatic heterocycles. The Morgan fingerprint density at radius 1 is 1.22 bits per heavy atom. The van der Waals surface area contributed by atoms with Crippen LogP contribution < -0.4 is 4.57 Å². The van der Waals surface area contributed by atoms with Crippen LogP contribution in [0.15, 0.2) is 48.0 Å². The van der Waals surface area contributed by atoms with Crippen molar-refractivity contribution < 1.29 is 9.67 Å². The van der Waals surface area contributed by atoms with E-state index in [9.17, 15) is 5.11 Å². The quantitative estimate of drug-likeness (QED) is 0.717. The van der Waals surface area contributed by atoms with E-state index >= 15 is 0 Å². The summed E-state index contributed by atoms with van der Waals surface area (Å²) in [5.74, 6) is 0. The van der Waals surface area contributed by atoms with Gasteiger partial charge in [-0.1, -0.05) is 18.2 Å². The topological polar surface area (TPSA) is 37.0 Å². The predicted molar refractivity (Wildman–Crippen MR) is 72.2 cm³/mol. The minimum absolute atomic E-state index is 0.573. The Balaban J connectivity index is 2.30. The molecule has 0 aliphatic heterocycles. The average molecular weight is 257 g/mol. The number of para-hydroxylation sites is 2. The third-order valence-electron chi connectivity index (χ3n) is 2.84. The molecule has 3 aromatic rings. The van der Waals surface area contributed by atoms with Crippen molar-refractivity contribution in [2.24, 2.45) is 0 Å². The van der Waals surface area contributed by atoms with Crippen LogP contribution in [0.5, 0.6) is 0 Å². The lowest BCUT2D eigenvalue weighted by molar-refractivity contribution is -0.733. The Kier molecular flexibility index (Phi) is 2.81. The molecule has 2 heterocycles. The fraction of sp³-hybridized carbons (Fsp3) is 0.143. The number of aromatic nitrogens is 2. The molecule has 0 spiro atoms. The third kappa shape index (κ3) is 1.89. The van der Waals surface area contributed by atoms with Crippen LogP contribution in [0.3, 0.4) is 0 Å². The maximum Gasteiger partial charge on any atom is 0.257 e. The second kappa shape index (κ2) is 4.48. The standard InChI is InChI=1S/C14H13N2OS/c1-10(17)16-9-12(14-7-4-8-18-14)15-11-5-2-3-6-13(11)16/h2-10,17H,1H3/q+1. The molecule has 18 heavy (non-hydrogen) atoms. The predicted octanol–water partition coefficient (Wildman–Crippen LogP) is 2.76. The molecule has 0 aliphatic rings. The van der Waals surface area contributed by atoms with E-state index in [0.29, 0.717) is 0 Å². The van der Waals surface area contributed by atoms with Crippen LogP contribution in [0.25, 0.3) is 21.6 Å². The molecular weight excluding hydrogens is 244 g/mol. The van der Waals surface area contributed by atoms with Crippen molar-refractivity contribution in [2.75, 3.05) is 0 Å². The molecule has 0 saturated carbocycles. The molecule has 1 N–H and O–H groups in total. The highest BCUT2D eigenvalue weighted by Crippen LogP contribution is 2.23. The van der Waals surface area contributed by atoms with E-state index in [1.54, 1.807) is 18.3 Å². The second-order valence-electron chi connectivity index (χ2n) is 4.13. The zero-order chi connectivity index (χ0) is 12.5. The van der Waals surface area contributed by atoms with Gasteiger partial charge in [0, 0.05) is 13.0 Å². The summed E-state index contributed by atoms with van der Waals surface area (Å²) in [5.41, 5.74) is 2.72. The van der Waals surface area contributed by atoms with Crippen molar-refractivity contribution in [3.63, 3.8) is 0 Å². The number of nitrogens with zero attached hydrogens (tertiary/aromatic N) is 2. The van der Waals surface area contributed by atoms with E-state index < -0.39 is 6.23 Å². The lowest BCUT2D eigenvalue weighted by atomic mass is 10.2. The fourth-order valence-corrected chi connectivity index (χ4v) is 2.67. The molecule has 90 valence electrons. The van der Waals surface area contributed by atoms with Crippen LogP contribution in [-0.2, 0) is 0 Å². The molecule has 1 aromatic carbocycles. The van der Waals surface area contributed by atoms with Gasteiger partial charge in [0.15, 0.2) is 6.20 Å². The van der Waals surface area contributed by atoms with E-state index in [2.05, 4.69) is 4.98 Å². The molecular formula is C14H13N2OS+. The Bertz CT molecular complexity index is 677. The summed E-state index contributed by atoms with van der Waals surface area (Å²) in [4.78, 5) is 5.75. The highest BCUT2D eigenvalue weighted by atomic mass is 32.1. The smallest absolute Gasteiger partial charge is 0.257 e. The summed E-state index contributed by atoms with van der Waals surface area (Å²) in [5, 5.41) is 11.9. The number of benzene rings is 1. The van der Waals surface area contributed by atoms with Gasteiger partial charge in [-0.15, -0.1) is 11.3 Å². The first-order chi connectivity index (χ1) is 8.75. The first-order valence-electron chi connectivity index (χ1n) is 5.78. The van der Waals surface area contributed by atoms with Gasteiger partial charge in [0.25, 0.3) is 6.23 Å². The third-order valence-corrected chi connectivity index (χ3v) is 3.73. The summed E-state index contributed by atoms with van der Waals surface area (Å²) in [6.07, 6.45) is 1.33. The van der Waals surface area contributed by atoms with E-state index in [4.69, 9.17) is 0 Å². The van der Waals surface area contributed by atoms with Crippen molar-refractivity contribution in [2.45, 2.75) is 13.2 Å². The van der Waals surface area contributed by atoms with Crippen LogP contribution in [0, 0.1) is 0 Å². The van der Waals surface area contributed by atoms with Crippen molar-refractivity contribution >= 4 is 22.4 Å². The first-order valence-corrected chi connectivity index (χ1v) is 6.66. The Morgan fingerprint density at radius 3 is 2.78 bits per heavy atom. The number of thiophene rings is 1. The van der Waals surface area contributed by atoms with Crippen LogP contribution in [0.1, 0.15) is 13.2 Å². The number of rotatable bonds is 2. The Hall–Kier alpha value is -1.78. The van der Waals surface area contributed by atoms with Crippen LogP contribution in [0.4, 0.5) is 0 Å². The van der Waals surface area contributed by atoms with Gasteiger partial charge in [-0.2, -0.15) is 4.57 Å². The van der Waals surface area contributed by atoms with E-state index in [-0.39, 0.29) is 0 Å². The highest BCUT2D eigenvalue weighted by Gasteiger charge is 2.17. The largest absolute Gasteiger partial charge is 0.337 e. The molecule has 1 unspecified atom stereocenters. The number of fused-ring (bicyclic) bond motifs is 1. The average Bonchev–Trinajstić information content (AvgIpc) is 2.91. The van der Waals surface area contributed by atoms with Gasteiger partial charge < -0.3 is 5.11 Å². The number of aliphatic hydroxyl groups excluding tert-OH is 1. The lowest BCUT2D eigenvalue weighted by Crippen LogP contribution is -2.38. The molecule has 0 radical (unpaired) electrons. The van der Waals surface area contributed by atoms with Crippen LogP contribution >= 0.6 is 11.3 Å². The SMILES string of the molecule is CC(O)[n+]1cc(-c2cccs2)nc2ccccc21. The first kappa shape index (κ1) is 11.3. The van der Waals surface area contributed by atoms with Crippen LogP contribution in [0.2, 0.25) is 0 Å². The van der Waals surface area contributed by atoms with E-state index in [1.807, 2.05) is 52.5 Å². The molecule has 0 aliphatic carbocycles. The second-order valence-corrected chi connectivity index (χ2v) is 5.08. The number of aliphatic hydroxyl groups is 1. The molecule has 4 heteroatoms. The maximum atomic E-state index is 9.88. The maximum absolute atomic E-state index is 9.88. The minimum Gasteiger partial charge on any atom is -0.337 e. The molecule has 0 fully saturated rings. The number of hydrogen-bond donors (Lipinski definition) is 1. The molecule has 1 atom stereocenters. The van der Waals surface area contributed by atoms with Gasteiger partial charge in [-0.05, 0) is 17.5 Å². The zero-order valence-corrected chi connectivity index (χ0v) is 10.8. The Labute approximate surface area is 109 Å². The number of hydrogen-bond acceptors (Lipinski definition) is 3. The van der Waals surface area contributed by atoms with Crippen molar-refractivity contribution in [1.29, 1.82) is 0 Å². The van der Waals surface area contributed by atoms with Gasteiger partial charge in [-0.3, -0.25) is 0 Å². The molecule has 0 amide bonds. The van der Waals surface area contributed by atoms with Crippen molar-refractivity contribution in [1.82, 2.24) is 4.98 Å². The molecule has 0 saturated heterocycles. The zero-order valence-electron chi connectivity index (χ0n) is 9.95. The van der Waals surface area contributed by atoms with Crippen molar-refractivity contribution in [3.05, 3.63) is 48.0 Å². The lowest BCUT2D eigenvalue weighted by Gasteiger charge is -2.05. The molecule has 3 rings (SSSR count). The monoisotopic (exact) mass is 257 g/mol. The highest BCUT2D eigenvalue weighted by molar-refractivity contribution is 7.13.